The van der Waals surface area contributed by atoms with Crippen molar-refractivity contribution in [2.75, 3.05) is 23.7 Å². The zero-order valence-corrected chi connectivity index (χ0v) is 10.9. The summed E-state index contributed by atoms with van der Waals surface area (Å²) in [6.07, 6.45) is 7.35. The molecule has 1 aromatic heterocycles. The first-order valence-electron chi connectivity index (χ1n) is 6.75. The second-order valence-electron chi connectivity index (χ2n) is 4.93. The fourth-order valence-corrected chi connectivity index (χ4v) is 2.27. The standard InChI is InChI=1S/C13H22N4O/c1-2-5-15-12-8-14-9-13(17-12)16-7-10-3-4-11(18)6-10/h8-11,18H,2-7H2,1H3,(H2,15,16,17). The Balaban J connectivity index is 1.81. The Hall–Kier alpha value is -1.36. The first-order chi connectivity index (χ1) is 8.78. The topological polar surface area (TPSA) is 70.1 Å². The molecule has 2 unspecified atom stereocenters. The Bertz CT molecular complexity index is 372. The van der Waals surface area contributed by atoms with Gasteiger partial charge in [-0.3, -0.25) is 4.98 Å². The molecule has 1 fully saturated rings. The molecule has 3 N–H and O–H groups in total. The van der Waals surface area contributed by atoms with Crippen LogP contribution in [0.4, 0.5) is 11.6 Å². The minimum Gasteiger partial charge on any atom is -0.393 e. The zero-order chi connectivity index (χ0) is 12.8. The average Bonchev–Trinajstić information content (AvgIpc) is 2.80. The normalized spacial score (nSPS) is 23.0. The summed E-state index contributed by atoms with van der Waals surface area (Å²) in [6, 6.07) is 0. The van der Waals surface area contributed by atoms with Gasteiger partial charge in [0.2, 0.25) is 0 Å². The van der Waals surface area contributed by atoms with Gasteiger partial charge in [-0.1, -0.05) is 6.92 Å². The molecule has 1 saturated carbocycles. The van der Waals surface area contributed by atoms with E-state index in [2.05, 4.69) is 27.5 Å². The molecule has 0 spiro atoms. The van der Waals surface area contributed by atoms with Crippen molar-refractivity contribution < 1.29 is 5.11 Å². The van der Waals surface area contributed by atoms with Crippen LogP contribution < -0.4 is 10.6 Å². The number of hydrogen-bond donors (Lipinski definition) is 3. The minimum atomic E-state index is -0.111. The van der Waals surface area contributed by atoms with Gasteiger partial charge in [-0.25, -0.2) is 4.98 Å². The van der Waals surface area contributed by atoms with Crippen molar-refractivity contribution in [2.45, 2.75) is 38.7 Å². The highest BCUT2D eigenvalue weighted by atomic mass is 16.3. The maximum absolute atomic E-state index is 9.47. The number of anilines is 2. The third kappa shape index (κ3) is 3.84. The van der Waals surface area contributed by atoms with Gasteiger partial charge < -0.3 is 15.7 Å². The van der Waals surface area contributed by atoms with Gasteiger partial charge in [0, 0.05) is 13.1 Å². The van der Waals surface area contributed by atoms with Crippen LogP contribution >= 0.6 is 0 Å². The quantitative estimate of drug-likeness (QED) is 0.719. The molecule has 100 valence electrons. The van der Waals surface area contributed by atoms with Crippen molar-refractivity contribution >= 4 is 11.6 Å². The van der Waals surface area contributed by atoms with E-state index in [0.29, 0.717) is 5.92 Å². The molecule has 1 heterocycles. The third-order valence-electron chi connectivity index (χ3n) is 3.28. The summed E-state index contributed by atoms with van der Waals surface area (Å²) in [5.41, 5.74) is 0. The van der Waals surface area contributed by atoms with Gasteiger partial charge in [-0.15, -0.1) is 0 Å². The number of aliphatic hydroxyl groups is 1. The number of nitrogens with zero attached hydrogens (tertiary/aromatic N) is 2. The number of nitrogens with one attached hydrogen (secondary N) is 2. The van der Waals surface area contributed by atoms with Crippen LogP contribution in [-0.4, -0.2) is 34.3 Å². The SMILES string of the molecule is CCCNc1cncc(NCC2CCC(O)C2)n1. The first kappa shape index (κ1) is 13.1. The van der Waals surface area contributed by atoms with Crippen molar-refractivity contribution in [3.63, 3.8) is 0 Å². The number of hydrogen-bond acceptors (Lipinski definition) is 5. The van der Waals surface area contributed by atoms with E-state index in [-0.39, 0.29) is 6.10 Å². The fourth-order valence-electron chi connectivity index (χ4n) is 2.27. The van der Waals surface area contributed by atoms with Crippen LogP contribution in [0.15, 0.2) is 12.4 Å². The van der Waals surface area contributed by atoms with Crippen LogP contribution in [0.5, 0.6) is 0 Å². The smallest absolute Gasteiger partial charge is 0.146 e. The van der Waals surface area contributed by atoms with E-state index in [4.69, 9.17) is 0 Å². The van der Waals surface area contributed by atoms with E-state index in [0.717, 1.165) is 50.4 Å². The maximum Gasteiger partial charge on any atom is 0.146 e. The van der Waals surface area contributed by atoms with Crippen molar-refractivity contribution in [3.05, 3.63) is 12.4 Å². The number of aliphatic hydroxyl groups excluding tert-OH is 1. The van der Waals surface area contributed by atoms with E-state index < -0.39 is 0 Å². The Labute approximate surface area is 108 Å². The molecule has 1 aromatic rings. The Morgan fingerprint density at radius 3 is 2.72 bits per heavy atom. The lowest BCUT2D eigenvalue weighted by Gasteiger charge is -2.12. The molecular formula is C13H22N4O. The van der Waals surface area contributed by atoms with Crippen molar-refractivity contribution in [3.8, 4) is 0 Å². The summed E-state index contributed by atoms with van der Waals surface area (Å²) in [5.74, 6) is 2.17. The van der Waals surface area contributed by atoms with Gasteiger partial charge >= 0.3 is 0 Å². The van der Waals surface area contributed by atoms with E-state index >= 15 is 0 Å². The van der Waals surface area contributed by atoms with Crippen LogP contribution in [0.25, 0.3) is 0 Å². The lowest BCUT2D eigenvalue weighted by atomic mass is 10.1. The summed E-state index contributed by atoms with van der Waals surface area (Å²) in [6.45, 7) is 3.89. The lowest BCUT2D eigenvalue weighted by molar-refractivity contribution is 0.178. The van der Waals surface area contributed by atoms with E-state index in [1.54, 1.807) is 12.4 Å². The molecular weight excluding hydrogens is 228 g/mol. The van der Waals surface area contributed by atoms with Gasteiger partial charge in [0.15, 0.2) is 0 Å². The Morgan fingerprint density at radius 2 is 2.06 bits per heavy atom. The van der Waals surface area contributed by atoms with Crippen molar-refractivity contribution in [1.29, 1.82) is 0 Å². The monoisotopic (exact) mass is 250 g/mol. The van der Waals surface area contributed by atoms with Gasteiger partial charge in [0.1, 0.15) is 11.6 Å². The highest BCUT2D eigenvalue weighted by Gasteiger charge is 2.22. The van der Waals surface area contributed by atoms with Gasteiger partial charge in [0.25, 0.3) is 0 Å². The third-order valence-corrected chi connectivity index (χ3v) is 3.28. The molecule has 0 bridgehead atoms. The molecule has 0 aromatic carbocycles. The molecule has 2 rings (SSSR count). The number of rotatable bonds is 6. The average molecular weight is 250 g/mol. The predicted octanol–water partition coefficient (Wildman–Crippen LogP) is 1.87. The molecule has 0 radical (unpaired) electrons. The molecule has 0 aliphatic heterocycles. The first-order valence-corrected chi connectivity index (χ1v) is 6.75. The lowest BCUT2D eigenvalue weighted by Crippen LogP contribution is -2.14. The van der Waals surface area contributed by atoms with Gasteiger partial charge in [0.05, 0.1) is 18.5 Å². The summed E-state index contributed by atoms with van der Waals surface area (Å²) in [7, 11) is 0. The number of aromatic nitrogens is 2. The molecule has 5 nitrogen and oxygen atoms in total. The fraction of sp³-hybridized carbons (Fsp3) is 0.692. The Morgan fingerprint density at radius 1 is 1.28 bits per heavy atom. The zero-order valence-electron chi connectivity index (χ0n) is 10.9. The molecule has 2 atom stereocenters. The molecule has 18 heavy (non-hydrogen) atoms. The second kappa shape index (κ2) is 6.54. The van der Waals surface area contributed by atoms with Crippen LogP contribution in [0.1, 0.15) is 32.6 Å². The highest BCUT2D eigenvalue weighted by Crippen LogP contribution is 2.25. The molecule has 1 aliphatic carbocycles. The van der Waals surface area contributed by atoms with Crippen LogP contribution in [0.3, 0.4) is 0 Å². The van der Waals surface area contributed by atoms with Crippen LogP contribution in [0.2, 0.25) is 0 Å². The summed E-state index contributed by atoms with van der Waals surface area (Å²) < 4.78 is 0. The summed E-state index contributed by atoms with van der Waals surface area (Å²) in [5, 5.41) is 16.0. The molecule has 0 saturated heterocycles. The van der Waals surface area contributed by atoms with E-state index in [9.17, 15) is 5.11 Å². The second-order valence-corrected chi connectivity index (χ2v) is 4.93. The van der Waals surface area contributed by atoms with Gasteiger partial charge in [-0.2, -0.15) is 0 Å². The minimum absolute atomic E-state index is 0.111. The van der Waals surface area contributed by atoms with Crippen LogP contribution in [-0.2, 0) is 0 Å². The van der Waals surface area contributed by atoms with Crippen LogP contribution in [0, 0.1) is 5.92 Å². The predicted molar refractivity (Wildman–Crippen MR) is 72.7 cm³/mol. The molecule has 1 aliphatic rings. The van der Waals surface area contributed by atoms with Gasteiger partial charge in [-0.05, 0) is 31.6 Å². The molecule has 0 amide bonds. The summed E-state index contributed by atoms with van der Waals surface area (Å²) in [4.78, 5) is 8.60. The maximum atomic E-state index is 9.47. The summed E-state index contributed by atoms with van der Waals surface area (Å²) >= 11 is 0. The van der Waals surface area contributed by atoms with Crippen molar-refractivity contribution in [2.24, 2.45) is 5.92 Å². The van der Waals surface area contributed by atoms with E-state index in [1.165, 1.54) is 0 Å². The largest absolute Gasteiger partial charge is 0.393 e. The van der Waals surface area contributed by atoms with Crippen molar-refractivity contribution in [1.82, 2.24) is 9.97 Å². The van der Waals surface area contributed by atoms with E-state index in [1.807, 2.05) is 0 Å². The molecule has 5 heteroatoms. The highest BCUT2D eigenvalue weighted by molar-refractivity contribution is 5.41. The Kier molecular flexibility index (Phi) is 4.75.